The molecule has 0 saturated heterocycles. The molecule has 108 valence electrons. The lowest BCUT2D eigenvalue weighted by Crippen LogP contribution is -2.13. The molecular weight excluding hydrogens is 276 g/mol. The molecule has 8 heteroatoms. The van der Waals surface area contributed by atoms with Gasteiger partial charge in [0.1, 0.15) is 11.5 Å². The quantitative estimate of drug-likeness (QED) is 0.375. The molecule has 0 saturated carbocycles. The van der Waals surface area contributed by atoms with Crippen LogP contribution < -0.4 is 15.2 Å². The SMILES string of the molecule is COc1ccc([N+](=O)[O-])cc1Oc1cccc(C(=N)N)n1. The molecule has 0 aliphatic rings. The van der Waals surface area contributed by atoms with Crippen LogP contribution >= 0.6 is 0 Å². The third-order valence-electron chi connectivity index (χ3n) is 2.57. The molecule has 0 atom stereocenters. The molecule has 21 heavy (non-hydrogen) atoms. The number of aromatic nitrogens is 1. The summed E-state index contributed by atoms with van der Waals surface area (Å²) in [6.45, 7) is 0. The summed E-state index contributed by atoms with van der Waals surface area (Å²) < 4.78 is 10.6. The second kappa shape index (κ2) is 5.87. The Bertz CT molecular complexity index is 702. The Morgan fingerprint density at radius 3 is 2.71 bits per heavy atom. The van der Waals surface area contributed by atoms with E-state index in [4.69, 9.17) is 20.6 Å². The van der Waals surface area contributed by atoms with E-state index in [1.807, 2.05) is 0 Å². The number of hydrogen-bond donors (Lipinski definition) is 2. The number of ether oxygens (including phenoxy) is 2. The molecule has 2 rings (SSSR count). The number of nitrogens with one attached hydrogen (secondary N) is 1. The number of pyridine rings is 1. The van der Waals surface area contributed by atoms with Crippen LogP contribution in [0.3, 0.4) is 0 Å². The van der Waals surface area contributed by atoms with Gasteiger partial charge in [-0.3, -0.25) is 15.5 Å². The van der Waals surface area contributed by atoms with Gasteiger partial charge in [0.05, 0.1) is 18.1 Å². The molecule has 0 aliphatic carbocycles. The minimum absolute atomic E-state index is 0.131. The van der Waals surface area contributed by atoms with Crippen LogP contribution in [0.4, 0.5) is 5.69 Å². The average molecular weight is 288 g/mol. The van der Waals surface area contributed by atoms with Gasteiger partial charge in [0, 0.05) is 12.1 Å². The number of non-ortho nitro benzene ring substituents is 1. The van der Waals surface area contributed by atoms with E-state index in [-0.39, 0.29) is 28.8 Å². The zero-order chi connectivity index (χ0) is 15.4. The number of rotatable bonds is 5. The lowest BCUT2D eigenvalue weighted by molar-refractivity contribution is -0.384. The normalized spacial score (nSPS) is 9.95. The smallest absolute Gasteiger partial charge is 0.273 e. The average Bonchev–Trinajstić information content (AvgIpc) is 2.47. The summed E-state index contributed by atoms with van der Waals surface area (Å²) in [6.07, 6.45) is 0. The first-order chi connectivity index (χ1) is 10.0. The van der Waals surface area contributed by atoms with Crippen LogP contribution in [0.1, 0.15) is 5.69 Å². The van der Waals surface area contributed by atoms with Crippen molar-refractivity contribution in [2.24, 2.45) is 5.73 Å². The molecule has 0 unspecified atom stereocenters. The summed E-state index contributed by atoms with van der Waals surface area (Å²) >= 11 is 0. The van der Waals surface area contributed by atoms with Crippen LogP contribution in [-0.2, 0) is 0 Å². The summed E-state index contributed by atoms with van der Waals surface area (Å²) in [5.74, 6) is 0.434. The minimum Gasteiger partial charge on any atom is -0.493 e. The van der Waals surface area contributed by atoms with E-state index >= 15 is 0 Å². The van der Waals surface area contributed by atoms with E-state index in [9.17, 15) is 10.1 Å². The van der Waals surface area contributed by atoms with Crippen molar-refractivity contribution in [3.05, 3.63) is 52.2 Å². The first-order valence-electron chi connectivity index (χ1n) is 5.83. The van der Waals surface area contributed by atoms with E-state index in [0.29, 0.717) is 5.75 Å². The van der Waals surface area contributed by atoms with E-state index in [1.54, 1.807) is 18.2 Å². The maximum atomic E-state index is 10.8. The number of nitro groups is 1. The van der Waals surface area contributed by atoms with Crippen LogP contribution in [0.5, 0.6) is 17.4 Å². The number of nitrogens with two attached hydrogens (primary N) is 1. The maximum absolute atomic E-state index is 10.8. The largest absolute Gasteiger partial charge is 0.493 e. The second-order valence-corrected chi connectivity index (χ2v) is 3.97. The number of nitrogen functional groups attached to an aromatic ring is 1. The second-order valence-electron chi connectivity index (χ2n) is 3.97. The molecule has 3 N–H and O–H groups in total. The van der Waals surface area contributed by atoms with Crippen molar-refractivity contribution < 1.29 is 14.4 Å². The standard InChI is InChI=1S/C13H12N4O4/c1-20-10-6-5-8(17(18)19)7-11(10)21-12-4-2-3-9(16-12)13(14)15/h2-7H,1H3,(H3,14,15). The number of nitrogens with zero attached hydrogens (tertiary/aromatic N) is 2. The molecular formula is C13H12N4O4. The summed E-state index contributed by atoms with van der Waals surface area (Å²) in [5.41, 5.74) is 5.46. The predicted octanol–water partition coefficient (Wildman–Crippen LogP) is 2.07. The third kappa shape index (κ3) is 3.24. The summed E-state index contributed by atoms with van der Waals surface area (Å²) in [6, 6.07) is 8.70. The molecule has 8 nitrogen and oxygen atoms in total. The Hall–Kier alpha value is -3.16. The maximum Gasteiger partial charge on any atom is 0.273 e. The van der Waals surface area contributed by atoms with Gasteiger partial charge in [-0.1, -0.05) is 6.07 Å². The van der Waals surface area contributed by atoms with Crippen molar-refractivity contribution in [2.75, 3.05) is 7.11 Å². The number of hydrogen-bond acceptors (Lipinski definition) is 6. The molecule has 1 aromatic heterocycles. The topological polar surface area (TPSA) is 124 Å². The van der Waals surface area contributed by atoms with Gasteiger partial charge in [0.25, 0.3) is 5.69 Å². The van der Waals surface area contributed by atoms with Crippen molar-refractivity contribution in [1.82, 2.24) is 4.98 Å². The number of nitro benzene ring substituents is 1. The molecule has 0 radical (unpaired) electrons. The van der Waals surface area contributed by atoms with Crippen molar-refractivity contribution in [3.8, 4) is 17.4 Å². The minimum atomic E-state index is -0.536. The van der Waals surface area contributed by atoms with Crippen LogP contribution in [-0.4, -0.2) is 22.9 Å². The van der Waals surface area contributed by atoms with E-state index in [0.717, 1.165) is 0 Å². The Kier molecular flexibility index (Phi) is 3.98. The first-order valence-corrected chi connectivity index (χ1v) is 5.83. The van der Waals surface area contributed by atoms with Gasteiger partial charge in [0.2, 0.25) is 5.88 Å². The molecule has 0 aliphatic heterocycles. The summed E-state index contributed by atoms with van der Waals surface area (Å²) in [7, 11) is 1.42. The van der Waals surface area contributed by atoms with Gasteiger partial charge < -0.3 is 15.2 Å². The van der Waals surface area contributed by atoms with Crippen LogP contribution in [0.15, 0.2) is 36.4 Å². The van der Waals surface area contributed by atoms with Crippen molar-refractivity contribution in [2.45, 2.75) is 0 Å². The molecule has 2 aromatic rings. The molecule has 0 spiro atoms. The van der Waals surface area contributed by atoms with Crippen molar-refractivity contribution >= 4 is 11.5 Å². The lowest BCUT2D eigenvalue weighted by atomic mass is 10.3. The summed E-state index contributed by atoms with van der Waals surface area (Å²) in [4.78, 5) is 14.3. The lowest BCUT2D eigenvalue weighted by Gasteiger charge is -2.09. The Balaban J connectivity index is 2.37. The number of benzene rings is 1. The fourth-order valence-electron chi connectivity index (χ4n) is 1.59. The monoisotopic (exact) mass is 288 g/mol. The van der Waals surface area contributed by atoms with Crippen LogP contribution in [0.25, 0.3) is 0 Å². The van der Waals surface area contributed by atoms with Crippen LogP contribution in [0.2, 0.25) is 0 Å². The highest BCUT2D eigenvalue weighted by molar-refractivity contribution is 5.93. The fourth-order valence-corrected chi connectivity index (χ4v) is 1.59. The fraction of sp³-hybridized carbons (Fsp3) is 0.0769. The molecule has 1 heterocycles. The van der Waals surface area contributed by atoms with E-state index in [2.05, 4.69) is 4.98 Å². The Morgan fingerprint density at radius 2 is 2.10 bits per heavy atom. The number of methoxy groups -OCH3 is 1. The van der Waals surface area contributed by atoms with Crippen LogP contribution in [0, 0.1) is 15.5 Å². The molecule has 0 amide bonds. The summed E-state index contributed by atoms with van der Waals surface area (Å²) in [5, 5.41) is 18.1. The molecule has 0 bridgehead atoms. The van der Waals surface area contributed by atoms with E-state index < -0.39 is 4.92 Å². The van der Waals surface area contributed by atoms with E-state index in [1.165, 1.54) is 25.3 Å². The van der Waals surface area contributed by atoms with Gasteiger partial charge >= 0.3 is 0 Å². The van der Waals surface area contributed by atoms with Gasteiger partial charge in [-0.2, -0.15) is 0 Å². The van der Waals surface area contributed by atoms with Crippen molar-refractivity contribution in [1.29, 1.82) is 5.41 Å². The highest BCUT2D eigenvalue weighted by Crippen LogP contribution is 2.34. The highest BCUT2D eigenvalue weighted by atomic mass is 16.6. The highest BCUT2D eigenvalue weighted by Gasteiger charge is 2.14. The number of amidine groups is 1. The molecule has 0 fully saturated rings. The van der Waals surface area contributed by atoms with Crippen molar-refractivity contribution in [3.63, 3.8) is 0 Å². The Labute approximate surface area is 119 Å². The predicted molar refractivity (Wildman–Crippen MR) is 75.0 cm³/mol. The van der Waals surface area contributed by atoms with Gasteiger partial charge in [-0.15, -0.1) is 0 Å². The van der Waals surface area contributed by atoms with Gasteiger partial charge in [0.15, 0.2) is 11.5 Å². The Morgan fingerprint density at radius 1 is 1.33 bits per heavy atom. The van der Waals surface area contributed by atoms with Gasteiger partial charge in [-0.25, -0.2) is 4.98 Å². The molecule has 1 aromatic carbocycles. The third-order valence-corrected chi connectivity index (χ3v) is 2.57. The zero-order valence-corrected chi connectivity index (χ0v) is 11.1. The van der Waals surface area contributed by atoms with Gasteiger partial charge in [-0.05, 0) is 12.1 Å². The first kappa shape index (κ1) is 14.3. The zero-order valence-electron chi connectivity index (χ0n) is 11.1.